The van der Waals surface area contributed by atoms with Crippen LogP contribution in [0.4, 0.5) is 0 Å². The molecule has 3 nitrogen and oxygen atoms in total. The molecule has 0 aromatic carbocycles. The third-order valence-electron chi connectivity index (χ3n) is 3.93. The topological polar surface area (TPSA) is 42.6 Å². The molecule has 3 heterocycles. The van der Waals surface area contributed by atoms with E-state index in [0.29, 0.717) is 5.92 Å². The van der Waals surface area contributed by atoms with Crippen molar-refractivity contribution in [1.29, 1.82) is 0 Å². The SMILES string of the molecule is OC(c1ccoc1)C1CCOC2(CCSC2)C1. The maximum atomic E-state index is 10.4. The average molecular weight is 254 g/mol. The molecule has 17 heavy (non-hydrogen) atoms. The van der Waals surface area contributed by atoms with Crippen LogP contribution >= 0.6 is 11.8 Å². The first-order valence-electron chi connectivity index (χ1n) is 6.21. The van der Waals surface area contributed by atoms with Crippen LogP contribution in [0.2, 0.25) is 0 Å². The van der Waals surface area contributed by atoms with Crippen LogP contribution in [-0.2, 0) is 4.74 Å². The van der Waals surface area contributed by atoms with E-state index in [1.54, 1.807) is 12.5 Å². The van der Waals surface area contributed by atoms with Gasteiger partial charge in [-0.05, 0) is 37.0 Å². The average Bonchev–Trinajstić information content (AvgIpc) is 3.00. The van der Waals surface area contributed by atoms with E-state index in [0.717, 1.165) is 37.2 Å². The number of rotatable bonds is 2. The fraction of sp³-hybridized carbons (Fsp3) is 0.692. The molecule has 1 aromatic rings. The molecule has 3 atom stereocenters. The molecule has 4 heteroatoms. The summed E-state index contributed by atoms with van der Waals surface area (Å²) in [5.74, 6) is 2.58. The van der Waals surface area contributed by atoms with Crippen molar-refractivity contribution in [3.8, 4) is 0 Å². The smallest absolute Gasteiger partial charge is 0.0960 e. The Hall–Kier alpha value is -0.450. The largest absolute Gasteiger partial charge is 0.472 e. The maximum absolute atomic E-state index is 10.4. The number of thioether (sulfide) groups is 1. The second-order valence-electron chi connectivity index (χ2n) is 5.09. The molecule has 3 unspecified atom stereocenters. The van der Waals surface area contributed by atoms with Gasteiger partial charge in [0.25, 0.3) is 0 Å². The molecule has 3 rings (SSSR count). The van der Waals surface area contributed by atoms with Gasteiger partial charge in [-0.1, -0.05) is 0 Å². The molecule has 2 aliphatic heterocycles. The van der Waals surface area contributed by atoms with Crippen LogP contribution < -0.4 is 0 Å². The first-order valence-corrected chi connectivity index (χ1v) is 7.36. The molecule has 2 fully saturated rings. The van der Waals surface area contributed by atoms with Crippen molar-refractivity contribution in [3.05, 3.63) is 24.2 Å². The maximum Gasteiger partial charge on any atom is 0.0960 e. The zero-order valence-electron chi connectivity index (χ0n) is 9.80. The molecule has 1 aromatic heterocycles. The van der Waals surface area contributed by atoms with E-state index < -0.39 is 6.10 Å². The number of hydrogen-bond donors (Lipinski definition) is 1. The van der Waals surface area contributed by atoms with Crippen LogP contribution in [-0.4, -0.2) is 28.8 Å². The van der Waals surface area contributed by atoms with Crippen molar-refractivity contribution in [2.75, 3.05) is 18.1 Å². The van der Waals surface area contributed by atoms with Crippen molar-refractivity contribution in [1.82, 2.24) is 0 Å². The normalized spacial score (nSPS) is 35.2. The third-order valence-corrected chi connectivity index (χ3v) is 5.15. The number of aliphatic hydroxyl groups excluding tert-OH is 1. The molecule has 0 saturated carbocycles. The van der Waals surface area contributed by atoms with E-state index >= 15 is 0 Å². The summed E-state index contributed by atoms with van der Waals surface area (Å²) < 4.78 is 11.0. The molecule has 94 valence electrons. The fourth-order valence-corrected chi connectivity index (χ4v) is 4.29. The first kappa shape index (κ1) is 11.6. The van der Waals surface area contributed by atoms with Crippen LogP contribution in [0.5, 0.6) is 0 Å². The molecule has 0 radical (unpaired) electrons. The van der Waals surface area contributed by atoms with Crippen LogP contribution in [0.1, 0.15) is 30.9 Å². The Labute approximate surface area is 106 Å². The number of hydrogen-bond acceptors (Lipinski definition) is 4. The molecular formula is C13H18O3S. The Bertz CT molecular complexity index is 357. The lowest BCUT2D eigenvalue weighted by atomic mass is 9.81. The highest BCUT2D eigenvalue weighted by molar-refractivity contribution is 7.99. The van der Waals surface area contributed by atoms with Gasteiger partial charge >= 0.3 is 0 Å². The summed E-state index contributed by atoms with van der Waals surface area (Å²) in [5, 5.41) is 10.4. The Morgan fingerprint density at radius 2 is 2.47 bits per heavy atom. The van der Waals surface area contributed by atoms with Crippen molar-refractivity contribution in [2.45, 2.75) is 31.0 Å². The highest BCUT2D eigenvalue weighted by Crippen LogP contribution is 2.43. The Kier molecular flexibility index (Phi) is 3.19. The van der Waals surface area contributed by atoms with Gasteiger partial charge in [0.1, 0.15) is 0 Å². The van der Waals surface area contributed by atoms with Crippen molar-refractivity contribution in [3.63, 3.8) is 0 Å². The Morgan fingerprint density at radius 3 is 3.18 bits per heavy atom. The van der Waals surface area contributed by atoms with Crippen LogP contribution in [0.15, 0.2) is 23.0 Å². The van der Waals surface area contributed by atoms with E-state index in [9.17, 15) is 5.11 Å². The first-order chi connectivity index (χ1) is 8.29. The molecular weight excluding hydrogens is 236 g/mol. The third kappa shape index (κ3) is 2.26. The van der Waals surface area contributed by atoms with E-state index in [1.807, 2.05) is 17.8 Å². The van der Waals surface area contributed by atoms with Crippen molar-refractivity contribution in [2.24, 2.45) is 5.92 Å². The van der Waals surface area contributed by atoms with Crippen LogP contribution in [0.25, 0.3) is 0 Å². The van der Waals surface area contributed by atoms with E-state index in [4.69, 9.17) is 9.15 Å². The predicted molar refractivity (Wildman–Crippen MR) is 67.0 cm³/mol. The minimum atomic E-state index is -0.403. The molecule has 2 aliphatic rings. The summed E-state index contributed by atoms with van der Waals surface area (Å²) in [6.45, 7) is 0.778. The minimum Gasteiger partial charge on any atom is -0.472 e. The monoisotopic (exact) mass is 254 g/mol. The van der Waals surface area contributed by atoms with Gasteiger partial charge in [0.15, 0.2) is 0 Å². The predicted octanol–water partition coefficient (Wildman–Crippen LogP) is 2.62. The van der Waals surface area contributed by atoms with Crippen LogP contribution in [0, 0.1) is 5.92 Å². The van der Waals surface area contributed by atoms with E-state index in [-0.39, 0.29) is 5.60 Å². The lowest BCUT2D eigenvalue weighted by Crippen LogP contribution is -2.41. The van der Waals surface area contributed by atoms with Gasteiger partial charge in [-0.2, -0.15) is 11.8 Å². The highest BCUT2D eigenvalue weighted by Gasteiger charge is 2.42. The summed E-state index contributed by atoms with van der Waals surface area (Å²) in [6, 6.07) is 1.86. The number of furan rings is 1. The van der Waals surface area contributed by atoms with Gasteiger partial charge in [-0.15, -0.1) is 0 Å². The summed E-state index contributed by atoms with van der Waals surface area (Å²) in [6.07, 6.45) is 5.92. The summed E-state index contributed by atoms with van der Waals surface area (Å²) >= 11 is 1.97. The highest BCUT2D eigenvalue weighted by atomic mass is 32.2. The van der Waals surface area contributed by atoms with E-state index in [1.165, 1.54) is 5.75 Å². The van der Waals surface area contributed by atoms with Gasteiger partial charge in [0.05, 0.1) is 24.2 Å². The summed E-state index contributed by atoms with van der Waals surface area (Å²) in [5.41, 5.74) is 0.941. The summed E-state index contributed by atoms with van der Waals surface area (Å²) in [7, 11) is 0. The van der Waals surface area contributed by atoms with Crippen LogP contribution in [0.3, 0.4) is 0 Å². The fourth-order valence-electron chi connectivity index (χ4n) is 2.91. The van der Waals surface area contributed by atoms with Crippen molar-refractivity contribution >= 4 is 11.8 Å². The number of aliphatic hydroxyl groups is 1. The Balaban J connectivity index is 1.71. The quantitative estimate of drug-likeness (QED) is 0.881. The van der Waals surface area contributed by atoms with Gasteiger partial charge in [-0.25, -0.2) is 0 Å². The number of ether oxygens (including phenoxy) is 1. The van der Waals surface area contributed by atoms with E-state index in [2.05, 4.69) is 0 Å². The molecule has 1 spiro atoms. The standard InChI is InChI=1S/C13H18O3S/c14-12(11-1-4-15-8-11)10-2-5-16-13(7-10)3-6-17-9-13/h1,4,8,10,12,14H,2-3,5-7,9H2. The lowest BCUT2D eigenvalue weighted by Gasteiger charge is -2.39. The molecule has 0 amide bonds. The molecule has 1 N–H and O–H groups in total. The second-order valence-corrected chi connectivity index (χ2v) is 6.19. The molecule has 2 saturated heterocycles. The minimum absolute atomic E-state index is 0.0400. The summed E-state index contributed by atoms with van der Waals surface area (Å²) in [4.78, 5) is 0. The van der Waals surface area contributed by atoms with Gasteiger partial charge in [0.2, 0.25) is 0 Å². The second kappa shape index (κ2) is 4.67. The van der Waals surface area contributed by atoms with Gasteiger partial charge < -0.3 is 14.3 Å². The zero-order chi connectivity index (χ0) is 11.7. The molecule has 0 aliphatic carbocycles. The lowest BCUT2D eigenvalue weighted by molar-refractivity contribution is -0.102. The van der Waals surface area contributed by atoms with Gasteiger partial charge in [-0.3, -0.25) is 0 Å². The van der Waals surface area contributed by atoms with Gasteiger partial charge in [0, 0.05) is 17.9 Å². The van der Waals surface area contributed by atoms with Crippen molar-refractivity contribution < 1.29 is 14.3 Å². The molecule has 0 bridgehead atoms. The zero-order valence-corrected chi connectivity index (χ0v) is 10.6. The Morgan fingerprint density at radius 1 is 1.53 bits per heavy atom.